The first kappa shape index (κ1) is 37.4. The molecule has 3 atom stereocenters. The Bertz CT molecular complexity index is 2190. The molecule has 6 N–H and O–H groups in total. The van der Waals surface area contributed by atoms with Crippen molar-refractivity contribution in [2.24, 2.45) is 5.92 Å². The number of alkyl carbamates (subject to hydrolysis) is 1. The monoisotopic (exact) mass is 747 g/mol. The summed E-state index contributed by atoms with van der Waals surface area (Å²) in [5.74, 6) is 0.950. The Morgan fingerprint density at radius 3 is 2.51 bits per heavy atom. The van der Waals surface area contributed by atoms with Crippen molar-refractivity contribution in [1.29, 1.82) is 0 Å². The molecule has 4 aromatic carbocycles. The average molecular weight is 748 g/mol. The van der Waals surface area contributed by atoms with E-state index < -0.39 is 18.2 Å². The number of ether oxygens (including phenoxy) is 3. The highest BCUT2D eigenvalue weighted by Gasteiger charge is 2.37. The Morgan fingerprint density at radius 2 is 1.75 bits per heavy atom. The van der Waals surface area contributed by atoms with Crippen molar-refractivity contribution in [3.63, 3.8) is 0 Å². The quantitative estimate of drug-likeness (QED) is 0.0909. The number of hydrogen-bond acceptors (Lipinski definition) is 10. The average Bonchev–Trinajstić information content (AvgIpc) is 3.20. The maximum atomic E-state index is 13.2. The van der Waals surface area contributed by atoms with Crippen LogP contribution < -0.4 is 31.0 Å². The first-order chi connectivity index (χ1) is 26.7. The van der Waals surface area contributed by atoms with Crippen LogP contribution in [0.25, 0.3) is 10.9 Å². The number of piperidine rings is 3. The number of carbonyl (C=O) groups excluding carboxylic acids is 2. The van der Waals surface area contributed by atoms with Gasteiger partial charge in [-0.05, 0) is 78.9 Å². The van der Waals surface area contributed by atoms with E-state index in [2.05, 4.69) is 25.8 Å². The third kappa shape index (κ3) is 9.08. The molecule has 0 unspecified atom stereocenters. The van der Waals surface area contributed by atoms with Crippen molar-refractivity contribution in [1.82, 2.24) is 20.5 Å². The summed E-state index contributed by atoms with van der Waals surface area (Å²) in [5, 5.41) is 30.7. The van der Waals surface area contributed by atoms with Gasteiger partial charge in [-0.25, -0.2) is 4.79 Å². The summed E-state index contributed by atoms with van der Waals surface area (Å²) in [7, 11) is 1.54. The maximum Gasteiger partial charge on any atom is 0.408 e. The van der Waals surface area contributed by atoms with Crippen LogP contribution in [0.4, 0.5) is 10.5 Å². The molecule has 0 aliphatic carbocycles. The van der Waals surface area contributed by atoms with Crippen molar-refractivity contribution >= 4 is 28.6 Å². The van der Waals surface area contributed by atoms with Crippen molar-refractivity contribution in [2.75, 3.05) is 45.2 Å². The number of phenols is 1. The van der Waals surface area contributed by atoms with Crippen LogP contribution in [0.3, 0.4) is 0 Å². The van der Waals surface area contributed by atoms with E-state index in [9.17, 15) is 24.6 Å². The number of benzene rings is 4. The Balaban J connectivity index is 0.935. The highest BCUT2D eigenvalue weighted by Crippen LogP contribution is 2.32. The number of phenolic OH excluding ortho intramolecular Hbond substituents is 1. The van der Waals surface area contributed by atoms with Gasteiger partial charge in [0.25, 0.3) is 5.91 Å². The first-order valence-corrected chi connectivity index (χ1v) is 18.4. The van der Waals surface area contributed by atoms with E-state index >= 15 is 0 Å². The standard InChI is InChI=1S/C42H45N5O8/c1-53-36-21-30(11-10-29(36)22-43-23-35(49)32-12-14-34(48)41-33(32)13-15-38(50)45-41)44-39(51)25-54-31-9-5-8-28(20-31)40(27-6-3-2-4-7-27)46-42(52)55-37-24-47-18-16-26(37)17-19-47/h2-15,20-21,26,35,37,40,43,48-49H,16-19,22-25H2,1H3,(H,44,51)(H,45,50)(H,46,52)/t35-,37-,40-/m0/s1. The Morgan fingerprint density at radius 1 is 0.945 bits per heavy atom. The SMILES string of the molecule is COc1cc(NC(=O)COc2cccc([C@@H](NC(=O)O[C@H]3CN4CCC3CC4)c3ccccc3)c2)ccc1CNC[C@H](O)c1ccc(O)c2[nH]c(=O)ccc12. The van der Waals surface area contributed by atoms with Crippen LogP contribution >= 0.6 is 0 Å². The van der Waals surface area contributed by atoms with Crippen LogP contribution in [0.5, 0.6) is 17.2 Å². The number of nitrogens with zero attached hydrogens (tertiary/aromatic N) is 1. The van der Waals surface area contributed by atoms with Crippen molar-refractivity contribution in [3.8, 4) is 17.2 Å². The number of aliphatic hydroxyl groups excluding tert-OH is 1. The molecule has 3 fully saturated rings. The van der Waals surface area contributed by atoms with Crippen LogP contribution in [0, 0.1) is 5.92 Å². The van der Waals surface area contributed by atoms with E-state index in [0.717, 1.165) is 49.2 Å². The first-order valence-electron chi connectivity index (χ1n) is 18.4. The molecule has 0 spiro atoms. The van der Waals surface area contributed by atoms with E-state index in [1.807, 2.05) is 54.6 Å². The number of pyridine rings is 1. The lowest BCUT2D eigenvalue weighted by molar-refractivity contribution is -0.118. The van der Waals surface area contributed by atoms with Crippen LogP contribution in [-0.4, -0.2) is 78.1 Å². The summed E-state index contributed by atoms with van der Waals surface area (Å²) in [4.78, 5) is 42.9. The third-order valence-corrected chi connectivity index (χ3v) is 10.3. The molecule has 4 heterocycles. The number of aromatic nitrogens is 1. The molecule has 13 heteroatoms. The van der Waals surface area contributed by atoms with Crippen molar-refractivity contribution in [3.05, 3.63) is 130 Å². The zero-order valence-electron chi connectivity index (χ0n) is 30.5. The highest BCUT2D eigenvalue weighted by molar-refractivity contribution is 5.92. The second-order valence-electron chi connectivity index (χ2n) is 13.9. The van der Waals surface area contributed by atoms with Crippen LogP contribution in [0.15, 0.2) is 102 Å². The number of hydrogen-bond donors (Lipinski definition) is 6. The zero-order chi connectivity index (χ0) is 38.3. The molecule has 55 heavy (non-hydrogen) atoms. The zero-order valence-corrected chi connectivity index (χ0v) is 30.5. The van der Waals surface area contributed by atoms with Gasteiger partial charge in [0.15, 0.2) is 6.61 Å². The predicted molar refractivity (Wildman–Crippen MR) is 207 cm³/mol. The van der Waals surface area contributed by atoms with Gasteiger partial charge in [-0.3, -0.25) is 14.5 Å². The molecule has 2 amide bonds. The van der Waals surface area contributed by atoms with E-state index in [4.69, 9.17) is 14.2 Å². The van der Waals surface area contributed by atoms with Gasteiger partial charge in [-0.2, -0.15) is 0 Å². The molecule has 0 saturated carbocycles. The van der Waals surface area contributed by atoms with Gasteiger partial charge < -0.3 is 45.4 Å². The number of H-pyrrole nitrogens is 1. The molecule has 3 aliphatic rings. The van der Waals surface area contributed by atoms with Gasteiger partial charge in [0.1, 0.15) is 23.4 Å². The number of methoxy groups -OCH3 is 1. The van der Waals surface area contributed by atoms with Crippen LogP contribution in [0.2, 0.25) is 0 Å². The molecule has 3 saturated heterocycles. The van der Waals surface area contributed by atoms with Gasteiger partial charge in [0.2, 0.25) is 5.56 Å². The molecule has 3 aliphatic heterocycles. The van der Waals surface area contributed by atoms with Gasteiger partial charge in [-0.1, -0.05) is 54.6 Å². The molecule has 5 aromatic rings. The number of fused-ring (bicyclic) bond motifs is 4. The Kier molecular flexibility index (Phi) is 11.6. The molecular weight excluding hydrogens is 702 g/mol. The van der Waals surface area contributed by atoms with Gasteiger partial charge in [0.05, 0.1) is 24.8 Å². The molecule has 2 bridgehead atoms. The highest BCUT2D eigenvalue weighted by atomic mass is 16.6. The molecule has 0 radical (unpaired) electrons. The minimum atomic E-state index is -0.920. The fourth-order valence-corrected chi connectivity index (χ4v) is 7.44. The fraction of sp³-hybridized carbons (Fsp3) is 0.310. The largest absolute Gasteiger partial charge is 0.506 e. The molecule has 13 nitrogen and oxygen atoms in total. The smallest absolute Gasteiger partial charge is 0.408 e. The number of carbonyl (C=O) groups is 2. The van der Waals surface area contributed by atoms with Gasteiger partial charge in [0, 0.05) is 48.4 Å². The minimum Gasteiger partial charge on any atom is -0.506 e. The number of anilines is 1. The predicted octanol–water partition coefficient (Wildman–Crippen LogP) is 4.99. The summed E-state index contributed by atoms with van der Waals surface area (Å²) < 4.78 is 17.4. The molecule has 286 valence electrons. The topological polar surface area (TPSA) is 174 Å². The third-order valence-electron chi connectivity index (χ3n) is 10.3. The number of rotatable bonds is 14. The summed E-state index contributed by atoms with van der Waals surface area (Å²) in [6.07, 6.45) is 0.591. The van der Waals surface area contributed by atoms with Crippen molar-refractivity contribution < 1.29 is 34.0 Å². The lowest BCUT2D eigenvalue weighted by Gasteiger charge is -2.43. The van der Waals surface area contributed by atoms with Crippen LogP contribution in [-0.2, 0) is 16.1 Å². The van der Waals surface area contributed by atoms with E-state index in [1.165, 1.54) is 19.2 Å². The summed E-state index contributed by atoms with van der Waals surface area (Å²) in [5.41, 5.74) is 3.46. The molecular formula is C42H45N5O8. The number of aliphatic hydroxyl groups is 1. The van der Waals surface area contributed by atoms with E-state index in [-0.39, 0.29) is 42.0 Å². The lowest BCUT2D eigenvalue weighted by Crippen LogP contribution is -2.52. The summed E-state index contributed by atoms with van der Waals surface area (Å²) in [6.45, 7) is 3.18. The van der Waals surface area contributed by atoms with Gasteiger partial charge >= 0.3 is 6.09 Å². The number of amides is 2. The number of aromatic amines is 1. The second kappa shape index (κ2) is 17.1. The van der Waals surface area contributed by atoms with Crippen molar-refractivity contribution in [2.45, 2.75) is 37.6 Å². The summed E-state index contributed by atoms with van der Waals surface area (Å²) >= 11 is 0. The number of aromatic hydroxyl groups is 1. The van der Waals surface area contributed by atoms with E-state index in [0.29, 0.717) is 40.6 Å². The fourth-order valence-electron chi connectivity index (χ4n) is 7.44. The number of nitrogens with one attached hydrogen (secondary N) is 4. The Hall–Kier alpha value is -5.89. The molecule has 8 rings (SSSR count). The molecule has 1 aromatic heterocycles. The van der Waals surface area contributed by atoms with Gasteiger partial charge in [-0.15, -0.1) is 0 Å². The Labute approximate surface area is 318 Å². The maximum absolute atomic E-state index is 13.2. The van der Waals surface area contributed by atoms with E-state index in [1.54, 1.807) is 30.3 Å². The minimum absolute atomic E-state index is 0.0751. The second-order valence-corrected chi connectivity index (χ2v) is 13.9. The normalized spacial score (nSPS) is 18.6. The van der Waals surface area contributed by atoms with Crippen LogP contribution in [0.1, 0.15) is 47.2 Å². The lowest BCUT2D eigenvalue weighted by atomic mass is 9.86. The summed E-state index contributed by atoms with van der Waals surface area (Å²) in [6, 6.07) is 27.7.